The van der Waals surface area contributed by atoms with Crippen molar-refractivity contribution in [1.82, 2.24) is 0 Å². The van der Waals surface area contributed by atoms with Crippen LogP contribution in [-0.2, 0) is 6.42 Å². The summed E-state index contributed by atoms with van der Waals surface area (Å²) in [4.78, 5) is 0. The lowest BCUT2D eigenvalue weighted by Gasteiger charge is -2.17. The smallest absolute Gasteiger partial charge is 0.119 e. The van der Waals surface area contributed by atoms with Crippen molar-refractivity contribution in [3.63, 3.8) is 0 Å². The fraction of sp³-hybridized carbons (Fsp3) is 0.294. The van der Waals surface area contributed by atoms with Gasteiger partial charge in [-0.2, -0.15) is 0 Å². The van der Waals surface area contributed by atoms with Gasteiger partial charge >= 0.3 is 0 Å². The fourth-order valence-electron chi connectivity index (χ4n) is 1.96. The fourth-order valence-corrected chi connectivity index (χ4v) is 2.32. The number of aryl methyl sites for hydroxylation is 1. The molecular weight excluding hydrogens is 305 g/mol. The average molecular weight is 324 g/mol. The minimum absolute atomic E-state index is 0.0209. The van der Waals surface area contributed by atoms with E-state index in [1.54, 1.807) is 12.1 Å². The lowest BCUT2D eigenvalue weighted by molar-refractivity contribution is 0.234. The highest BCUT2D eigenvalue weighted by atomic mass is 35.5. The highest BCUT2D eigenvalue weighted by molar-refractivity contribution is 6.35. The Balaban J connectivity index is 1.89. The third-order valence-electron chi connectivity index (χ3n) is 3.18. The Labute approximate surface area is 136 Å². The summed E-state index contributed by atoms with van der Waals surface area (Å²) < 4.78 is 5.87. The van der Waals surface area contributed by atoms with Crippen molar-refractivity contribution >= 4 is 28.9 Å². The monoisotopic (exact) mass is 323 g/mol. The van der Waals surface area contributed by atoms with Gasteiger partial charge < -0.3 is 10.1 Å². The summed E-state index contributed by atoms with van der Waals surface area (Å²) in [6.45, 7) is 4.80. The zero-order chi connectivity index (χ0) is 15.2. The minimum atomic E-state index is 0.0209. The zero-order valence-electron chi connectivity index (χ0n) is 12.2. The van der Waals surface area contributed by atoms with Crippen LogP contribution in [0.3, 0.4) is 0 Å². The minimum Gasteiger partial charge on any atom is -0.489 e. The molecule has 0 radical (unpaired) electrons. The third-order valence-corrected chi connectivity index (χ3v) is 3.74. The van der Waals surface area contributed by atoms with Gasteiger partial charge in [-0.3, -0.25) is 0 Å². The molecule has 0 heterocycles. The van der Waals surface area contributed by atoms with E-state index in [1.807, 2.05) is 25.1 Å². The van der Waals surface area contributed by atoms with Crippen molar-refractivity contribution in [1.29, 1.82) is 0 Å². The zero-order valence-corrected chi connectivity index (χ0v) is 13.7. The molecule has 0 saturated carbocycles. The molecule has 0 spiro atoms. The van der Waals surface area contributed by atoms with Crippen LogP contribution in [0.5, 0.6) is 5.75 Å². The first-order valence-electron chi connectivity index (χ1n) is 7.03. The summed E-state index contributed by atoms with van der Waals surface area (Å²) >= 11 is 12.1. The molecule has 2 rings (SSSR count). The maximum atomic E-state index is 6.11. The van der Waals surface area contributed by atoms with Crippen molar-refractivity contribution < 1.29 is 4.74 Å². The first kappa shape index (κ1) is 16.0. The summed E-state index contributed by atoms with van der Waals surface area (Å²) in [5.41, 5.74) is 2.12. The number of rotatable bonds is 6. The largest absolute Gasteiger partial charge is 0.489 e. The Kier molecular flexibility index (Phi) is 5.77. The second kappa shape index (κ2) is 7.58. The Hall–Kier alpha value is -1.38. The van der Waals surface area contributed by atoms with Gasteiger partial charge in [-0.25, -0.2) is 0 Å². The van der Waals surface area contributed by atoms with Crippen LogP contribution in [0.15, 0.2) is 42.5 Å². The highest BCUT2D eigenvalue weighted by Gasteiger charge is 2.06. The number of ether oxygens (including phenoxy) is 1. The van der Waals surface area contributed by atoms with Crippen LogP contribution in [0.1, 0.15) is 19.4 Å². The molecule has 21 heavy (non-hydrogen) atoms. The molecule has 0 bridgehead atoms. The quantitative estimate of drug-likeness (QED) is 0.764. The highest BCUT2D eigenvalue weighted by Crippen LogP contribution is 2.25. The molecule has 0 amide bonds. The van der Waals surface area contributed by atoms with Crippen LogP contribution in [0.4, 0.5) is 5.69 Å². The molecule has 112 valence electrons. The van der Waals surface area contributed by atoms with E-state index >= 15 is 0 Å². The van der Waals surface area contributed by atoms with Gasteiger partial charge in [0.15, 0.2) is 0 Å². The van der Waals surface area contributed by atoms with Crippen molar-refractivity contribution in [2.24, 2.45) is 0 Å². The van der Waals surface area contributed by atoms with Crippen LogP contribution in [0.2, 0.25) is 10.0 Å². The van der Waals surface area contributed by atoms with E-state index in [4.69, 9.17) is 27.9 Å². The molecule has 2 nitrogen and oxygen atoms in total. The van der Waals surface area contributed by atoms with Gasteiger partial charge in [0.2, 0.25) is 0 Å². The molecule has 0 aliphatic rings. The van der Waals surface area contributed by atoms with E-state index in [9.17, 15) is 0 Å². The van der Waals surface area contributed by atoms with Crippen molar-refractivity contribution in [2.75, 3.05) is 11.9 Å². The van der Waals surface area contributed by atoms with E-state index < -0.39 is 0 Å². The lowest BCUT2D eigenvalue weighted by atomic mass is 10.2. The predicted molar refractivity (Wildman–Crippen MR) is 90.9 cm³/mol. The van der Waals surface area contributed by atoms with Crippen LogP contribution in [0, 0.1) is 0 Å². The van der Waals surface area contributed by atoms with Gasteiger partial charge in [0.05, 0.1) is 17.3 Å². The van der Waals surface area contributed by atoms with Crippen LogP contribution in [0.25, 0.3) is 0 Å². The third kappa shape index (κ3) is 4.83. The Morgan fingerprint density at radius 1 is 1.10 bits per heavy atom. The number of benzene rings is 2. The molecule has 2 aromatic carbocycles. The first-order valence-corrected chi connectivity index (χ1v) is 7.78. The molecule has 1 atom stereocenters. The molecule has 1 unspecified atom stereocenters. The van der Waals surface area contributed by atoms with Gasteiger partial charge in [-0.1, -0.05) is 42.3 Å². The average Bonchev–Trinajstić information content (AvgIpc) is 2.49. The number of halogens is 2. The van der Waals surface area contributed by atoms with E-state index in [2.05, 4.69) is 24.4 Å². The van der Waals surface area contributed by atoms with Gasteiger partial charge in [-0.15, -0.1) is 0 Å². The molecule has 0 aromatic heterocycles. The first-order chi connectivity index (χ1) is 10.1. The van der Waals surface area contributed by atoms with E-state index in [0.717, 1.165) is 17.9 Å². The Morgan fingerprint density at radius 3 is 2.48 bits per heavy atom. The molecule has 0 saturated heterocycles. The SMILES string of the molecule is CCc1ccc(OC(C)CNc2cc(Cl)ccc2Cl)cc1. The summed E-state index contributed by atoms with van der Waals surface area (Å²) in [6, 6.07) is 13.5. The molecule has 2 aromatic rings. The molecule has 0 aliphatic carbocycles. The summed E-state index contributed by atoms with van der Waals surface area (Å²) in [5, 5.41) is 4.56. The van der Waals surface area contributed by atoms with Gasteiger partial charge in [0.25, 0.3) is 0 Å². The van der Waals surface area contributed by atoms with E-state index in [1.165, 1.54) is 5.56 Å². The van der Waals surface area contributed by atoms with Crippen LogP contribution < -0.4 is 10.1 Å². The van der Waals surface area contributed by atoms with Gasteiger partial charge in [0, 0.05) is 5.02 Å². The van der Waals surface area contributed by atoms with E-state index in [0.29, 0.717) is 16.6 Å². The van der Waals surface area contributed by atoms with Crippen molar-refractivity contribution in [2.45, 2.75) is 26.4 Å². The topological polar surface area (TPSA) is 21.3 Å². The molecule has 4 heteroatoms. The maximum absolute atomic E-state index is 6.11. The van der Waals surface area contributed by atoms with Crippen LogP contribution in [-0.4, -0.2) is 12.6 Å². The van der Waals surface area contributed by atoms with Crippen LogP contribution >= 0.6 is 23.2 Å². The predicted octanol–water partition coefficient (Wildman–Crippen LogP) is 5.44. The number of hydrogen-bond donors (Lipinski definition) is 1. The summed E-state index contributed by atoms with van der Waals surface area (Å²) in [5.74, 6) is 0.874. The second-order valence-electron chi connectivity index (χ2n) is 4.93. The van der Waals surface area contributed by atoms with Crippen molar-refractivity contribution in [3.05, 3.63) is 58.1 Å². The van der Waals surface area contributed by atoms with Gasteiger partial charge in [0.1, 0.15) is 11.9 Å². The molecular formula is C17H19Cl2NO. The Bertz CT molecular complexity index is 584. The number of nitrogens with one attached hydrogen (secondary N) is 1. The standard InChI is InChI=1S/C17H19Cl2NO/c1-3-13-4-7-15(8-5-13)21-12(2)11-20-17-10-14(18)6-9-16(17)19/h4-10,12,20H,3,11H2,1-2H3. The van der Waals surface area contributed by atoms with Gasteiger partial charge in [-0.05, 0) is 49.2 Å². The van der Waals surface area contributed by atoms with E-state index in [-0.39, 0.29) is 6.10 Å². The normalized spacial score (nSPS) is 12.0. The second-order valence-corrected chi connectivity index (χ2v) is 5.77. The summed E-state index contributed by atoms with van der Waals surface area (Å²) in [6.07, 6.45) is 1.05. The summed E-state index contributed by atoms with van der Waals surface area (Å²) in [7, 11) is 0. The molecule has 0 aliphatic heterocycles. The molecule has 0 fully saturated rings. The number of anilines is 1. The lowest BCUT2D eigenvalue weighted by Crippen LogP contribution is -2.22. The van der Waals surface area contributed by atoms with Crippen molar-refractivity contribution in [3.8, 4) is 5.75 Å². The molecule has 1 N–H and O–H groups in total. The maximum Gasteiger partial charge on any atom is 0.119 e. The number of hydrogen-bond acceptors (Lipinski definition) is 2. The Morgan fingerprint density at radius 2 is 1.81 bits per heavy atom.